The molecule has 1 N–H and O–H groups in total. The molecule has 1 heterocycles. The van der Waals surface area contributed by atoms with Gasteiger partial charge in [-0.15, -0.1) is 0 Å². The molecule has 0 aliphatic carbocycles. The third kappa shape index (κ3) is 2.03. The van der Waals surface area contributed by atoms with Gasteiger partial charge < -0.3 is 14.5 Å². The number of fused-ring (bicyclic) bond motifs is 1. The smallest absolute Gasteiger partial charge is 0.178 e. The number of benzene rings is 1. The van der Waals surface area contributed by atoms with Gasteiger partial charge in [-0.25, -0.2) is 0 Å². The van der Waals surface area contributed by atoms with Crippen molar-refractivity contribution < 1.29 is 0 Å². The molecule has 0 aliphatic heterocycles. The van der Waals surface area contributed by atoms with Gasteiger partial charge in [0, 0.05) is 12.6 Å². The van der Waals surface area contributed by atoms with Crippen LogP contribution >= 0.6 is 12.2 Å². The number of rotatable bonds is 3. The summed E-state index contributed by atoms with van der Waals surface area (Å²) in [6.07, 6.45) is 0. The second kappa shape index (κ2) is 4.39. The standard InChI is InChI=1S/C12H17N3S/c1-9(14(2)3)8-15-11-7-5-4-6-10(11)13-12(15)16/h4-7,9H,8H2,1-3H3,(H,13,16). The monoisotopic (exact) mass is 235 g/mol. The van der Waals surface area contributed by atoms with Crippen molar-refractivity contribution in [1.82, 2.24) is 14.5 Å². The van der Waals surface area contributed by atoms with Crippen LogP contribution in [-0.4, -0.2) is 34.6 Å². The van der Waals surface area contributed by atoms with E-state index in [4.69, 9.17) is 12.2 Å². The zero-order chi connectivity index (χ0) is 11.7. The summed E-state index contributed by atoms with van der Waals surface area (Å²) in [5, 5.41) is 0. The highest BCUT2D eigenvalue weighted by atomic mass is 32.1. The van der Waals surface area contributed by atoms with E-state index < -0.39 is 0 Å². The summed E-state index contributed by atoms with van der Waals surface area (Å²) in [4.78, 5) is 5.43. The average molecular weight is 235 g/mol. The van der Waals surface area contributed by atoms with Crippen LogP contribution in [0.25, 0.3) is 11.0 Å². The van der Waals surface area contributed by atoms with E-state index in [0.717, 1.165) is 16.8 Å². The minimum atomic E-state index is 0.464. The van der Waals surface area contributed by atoms with Gasteiger partial charge in [0.05, 0.1) is 11.0 Å². The summed E-state index contributed by atoms with van der Waals surface area (Å²) in [5.41, 5.74) is 2.29. The van der Waals surface area contributed by atoms with Crippen molar-refractivity contribution in [3.8, 4) is 0 Å². The average Bonchev–Trinajstić information content (AvgIpc) is 2.55. The topological polar surface area (TPSA) is 24.0 Å². The number of hydrogen-bond acceptors (Lipinski definition) is 2. The summed E-state index contributed by atoms with van der Waals surface area (Å²) in [6, 6.07) is 8.69. The molecule has 86 valence electrons. The Bertz CT molecular complexity index is 538. The number of likely N-dealkylation sites (N-methyl/N-ethyl adjacent to an activating group) is 1. The van der Waals surface area contributed by atoms with Crippen molar-refractivity contribution in [3.63, 3.8) is 0 Å². The Balaban J connectivity index is 2.44. The van der Waals surface area contributed by atoms with Gasteiger partial charge in [0.1, 0.15) is 0 Å². The summed E-state index contributed by atoms with van der Waals surface area (Å²) < 4.78 is 2.96. The zero-order valence-electron chi connectivity index (χ0n) is 9.90. The molecule has 0 saturated heterocycles. The number of hydrogen-bond donors (Lipinski definition) is 1. The third-order valence-electron chi connectivity index (χ3n) is 3.01. The van der Waals surface area contributed by atoms with Crippen molar-refractivity contribution in [1.29, 1.82) is 0 Å². The highest BCUT2D eigenvalue weighted by molar-refractivity contribution is 7.71. The maximum absolute atomic E-state index is 5.35. The zero-order valence-corrected chi connectivity index (χ0v) is 10.7. The van der Waals surface area contributed by atoms with Crippen LogP contribution in [0.1, 0.15) is 6.92 Å². The number of imidazole rings is 1. The Morgan fingerprint density at radius 3 is 2.75 bits per heavy atom. The lowest BCUT2D eigenvalue weighted by Crippen LogP contribution is -2.29. The first-order valence-electron chi connectivity index (χ1n) is 5.43. The highest BCUT2D eigenvalue weighted by Gasteiger charge is 2.09. The Morgan fingerprint density at radius 2 is 2.06 bits per heavy atom. The first-order valence-corrected chi connectivity index (χ1v) is 5.84. The van der Waals surface area contributed by atoms with Gasteiger partial charge in [-0.2, -0.15) is 0 Å². The largest absolute Gasteiger partial charge is 0.331 e. The lowest BCUT2D eigenvalue weighted by Gasteiger charge is -2.20. The van der Waals surface area contributed by atoms with E-state index in [-0.39, 0.29) is 0 Å². The fourth-order valence-electron chi connectivity index (χ4n) is 1.72. The quantitative estimate of drug-likeness (QED) is 0.827. The first kappa shape index (κ1) is 11.4. The van der Waals surface area contributed by atoms with E-state index in [0.29, 0.717) is 6.04 Å². The highest BCUT2D eigenvalue weighted by Crippen LogP contribution is 2.14. The Labute approximate surface area is 101 Å². The fourth-order valence-corrected chi connectivity index (χ4v) is 2.00. The first-order chi connectivity index (χ1) is 7.59. The van der Waals surface area contributed by atoms with Crippen molar-refractivity contribution in [2.45, 2.75) is 19.5 Å². The van der Waals surface area contributed by atoms with Crippen molar-refractivity contribution in [2.75, 3.05) is 14.1 Å². The Morgan fingerprint density at radius 1 is 1.38 bits per heavy atom. The lowest BCUT2D eigenvalue weighted by atomic mass is 10.3. The number of nitrogens with zero attached hydrogens (tertiary/aromatic N) is 2. The molecule has 0 fully saturated rings. The molecule has 4 heteroatoms. The number of para-hydroxylation sites is 2. The summed E-state index contributed by atoms with van der Waals surface area (Å²) in [6.45, 7) is 3.11. The molecule has 0 amide bonds. The van der Waals surface area contributed by atoms with Crippen LogP contribution < -0.4 is 0 Å². The number of H-pyrrole nitrogens is 1. The van der Waals surface area contributed by atoms with Gasteiger partial charge in [0.25, 0.3) is 0 Å². The van der Waals surface area contributed by atoms with Gasteiger partial charge in [-0.1, -0.05) is 12.1 Å². The van der Waals surface area contributed by atoms with Gasteiger partial charge in [-0.3, -0.25) is 0 Å². The van der Waals surface area contributed by atoms with E-state index in [9.17, 15) is 0 Å². The molecule has 1 atom stereocenters. The minimum absolute atomic E-state index is 0.464. The summed E-state index contributed by atoms with van der Waals surface area (Å²) in [7, 11) is 4.17. The van der Waals surface area contributed by atoms with Crippen LogP contribution in [0.3, 0.4) is 0 Å². The predicted molar refractivity (Wildman–Crippen MR) is 70.3 cm³/mol. The van der Waals surface area contributed by atoms with Crippen LogP contribution in [-0.2, 0) is 6.54 Å². The van der Waals surface area contributed by atoms with Crippen LogP contribution in [0, 0.1) is 4.77 Å². The Kier molecular flexibility index (Phi) is 3.12. The van der Waals surface area contributed by atoms with E-state index in [1.165, 1.54) is 5.52 Å². The van der Waals surface area contributed by atoms with Crippen molar-refractivity contribution >= 4 is 23.3 Å². The molecule has 0 saturated carbocycles. The van der Waals surface area contributed by atoms with Crippen molar-refractivity contribution in [3.05, 3.63) is 29.0 Å². The van der Waals surface area contributed by atoms with Crippen LogP contribution in [0.2, 0.25) is 0 Å². The van der Waals surface area contributed by atoms with Crippen LogP contribution in [0.15, 0.2) is 24.3 Å². The van der Waals surface area contributed by atoms with E-state index >= 15 is 0 Å². The molecule has 16 heavy (non-hydrogen) atoms. The van der Waals surface area contributed by atoms with Crippen LogP contribution in [0.4, 0.5) is 0 Å². The van der Waals surface area contributed by atoms with Gasteiger partial charge in [-0.05, 0) is 45.4 Å². The molecular formula is C12H17N3S. The summed E-state index contributed by atoms with van der Waals surface area (Å²) in [5.74, 6) is 0. The normalized spacial score (nSPS) is 13.5. The van der Waals surface area contributed by atoms with Crippen molar-refractivity contribution in [2.24, 2.45) is 0 Å². The molecule has 2 aromatic rings. The second-order valence-electron chi connectivity index (χ2n) is 4.37. The molecule has 3 nitrogen and oxygen atoms in total. The van der Waals surface area contributed by atoms with E-state index in [2.05, 4.69) is 47.6 Å². The SMILES string of the molecule is CC(Cn1c(=S)[nH]c2ccccc21)N(C)C. The predicted octanol–water partition coefficient (Wildman–Crippen LogP) is 2.65. The van der Waals surface area contributed by atoms with E-state index in [1.54, 1.807) is 0 Å². The minimum Gasteiger partial charge on any atom is -0.331 e. The lowest BCUT2D eigenvalue weighted by molar-refractivity contribution is 0.285. The second-order valence-corrected chi connectivity index (χ2v) is 4.76. The molecule has 0 bridgehead atoms. The molecule has 0 radical (unpaired) electrons. The molecule has 1 unspecified atom stereocenters. The van der Waals surface area contributed by atoms with Gasteiger partial charge >= 0.3 is 0 Å². The molecule has 0 spiro atoms. The Hall–Kier alpha value is -1.13. The van der Waals surface area contributed by atoms with Gasteiger partial charge in [0.15, 0.2) is 4.77 Å². The third-order valence-corrected chi connectivity index (χ3v) is 3.33. The maximum Gasteiger partial charge on any atom is 0.178 e. The number of aromatic amines is 1. The molecule has 1 aromatic heterocycles. The summed E-state index contributed by atoms with van der Waals surface area (Å²) >= 11 is 5.35. The molecule has 0 aliphatic rings. The fraction of sp³-hybridized carbons (Fsp3) is 0.417. The molecular weight excluding hydrogens is 218 g/mol. The molecule has 2 rings (SSSR count). The molecule has 1 aromatic carbocycles. The van der Waals surface area contributed by atoms with Crippen LogP contribution in [0.5, 0.6) is 0 Å². The number of aromatic nitrogens is 2. The maximum atomic E-state index is 5.35. The van der Waals surface area contributed by atoms with E-state index in [1.807, 2.05) is 12.1 Å². The number of nitrogens with one attached hydrogen (secondary N) is 1. The van der Waals surface area contributed by atoms with Gasteiger partial charge in [0.2, 0.25) is 0 Å².